The van der Waals surface area contributed by atoms with Crippen LogP contribution >= 0.6 is 0 Å². The monoisotopic (exact) mass is 256 g/mol. The predicted octanol–water partition coefficient (Wildman–Crippen LogP) is 2.12. The summed E-state index contributed by atoms with van der Waals surface area (Å²) in [6.45, 7) is 6.27. The maximum Gasteiger partial charge on any atom is 0.326 e. The highest BCUT2D eigenvalue weighted by molar-refractivity contribution is 5.82. The lowest BCUT2D eigenvalue weighted by Gasteiger charge is -2.19. The fourth-order valence-electron chi connectivity index (χ4n) is 2.49. The molecule has 1 aliphatic rings. The van der Waals surface area contributed by atoms with Crippen LogP contribution in [0.2, 0.25) is 0 Å². The Morgan fingerprint density at radius 1 is 1.44 bits per heavy atom. The Labute approximate surface area is 108 Å². The molecule has 0 aromatic carbocycles. The van der Waals surface area contributed by atoms with Crippen molar-refractivity contribution in [3.8, 4) is 0 Å². The molecule has 2 amide bonds. The third kappa shape index (κ3) is 4.55. The van der Waals surface area contributed by atoms with Crippen LogP contribution < -0.4 is 10.6 Å². The van der Waals surface area contributed by atoms with Crippen LogP contribution in [0.4, 0.5) is 4.79 Å². The fraction of sp³-hybridized carbons (Fsp3) is 0.846. The van der Waals surface area contributed by atoms with Crippen LogP contribution in [-0.4, -0.2) is 29.2 Å². The molecule has 0 radical (unpaired) electrons. The Bertz CT molecular complexity index is 315. The molecule has 5 heteroatoms. The molecule has 0 heterocycles. The Morgan fingerprint density at radius 3 is 2.56 bits per heavy atom. The number of rotatable bonds is 5. The summed E-state index contributed by atoms with van der Waals surface area (Å²) in [6, 6.07) is -0.987. The van der Waals surface area contributed by atoms with Crippen molar-refractivity contribution >= 4 is 12.0 Å². The number of amides is 2. The Hall–Kier alpha value is -1.26. The Balaban J connectivity index is 2.39. The van der Waals surface area contributed by atoms with Crippen LogP contribution in [0.15, 0.2) is 0 Å². The molecule has 0 spiro atoms. The van der Waals surface area contributed by atoms with Gasteiger partial charge in [0, 0.05) is 6.04 Å². The zero-order valence-corrected chi connectivity index (χ0v) is 11.5. The third-order valence-corrected chi connectivity index (χ3v) is 3.48. The first-order chi connectivity index (χ1) is 8.34. The van der Waals surface area contributed by atoms with Gasteiger partial charge in [0.15, 0.2) is 0 Å². The van der Waals surface area contributed by atoms with Crippen LogP contribution in [0, 0.1) is 5.41 Å². The van der Waals surface area contributed by atoms with Crippen molar-refractivity contribution < 1.29 is 14.7 Å². The lowest BCUT2D eigenvalue weighted by Crippen LogP contribution is -2.48. The Kier molecular flexibility index (Phi) is 4.99. The first-order valence-electron chi connectivity index (χ1n) is 6.64. The van der Waals surface area contributed by atoms with Gasteiger partial charge in [0.25, 0.3) is 0 Å². The van der Waals surface area contributed by atoms with Crippen LogP contribution in [0.5, 0.6) is 0 Å². The van der Waals surface area contributed by atoms with E-state index in [4.69, 9.17) is 5.11 Å². The van der Waals surface area contributed by atoms with Crippen molar-refractivity contribution in [2.45, 2.75) is 65.0 Å². The predicted molar refractivity (Wildman–Crippen MR) is 69.4 cm³/mol. The fourth-order valence-corrected chi connectivity index (χ4v) is 2.49. The summed E-state index contributed by atoms with van der Waals surface area (Å²) in [7, 11) is 0. The smallest absolute Gasteiger partial charge is 0.326 e. The molecule has 0 aromatic rings. The van der Waals surface area contributed by atoms with E-state index in [1.165, 1.54) is 0 Å². The molecular formula is C13H24N2O3. The van der Waals surface area contributed by atoms with E-state index < -0.39 is 12.0 Å². The minimum atomic E-state index is -0.973. The molecule has 1 fully saturated rings. The van der Waals surface area contributed by atoms with E-state index in [1.807, 2.05) is 6.92 Å². The number of hydrogen-bond donors (Lipinski definition) is 3. The average molecular weight is 256 g/mol. The van der Waals surface area contributed by atoms with E-state index in [2.05, 4.69) is 24.5 Å². The number of hydrogen-bond acceptors (Lipinski definition) is 2. The lowest BCUT2D eigenvalue weighted by molar-refractivity contribution is -0.139. The van der Waals surface area contributed by atoms with Crippen molar-refractivity contribution in [2.24, 2.45) is 5.41 Å². The highest BCUT2D eigenvalue weighted by Gasteiger charge is 2.32. The molecule has 5 nitrogen and oxygen atoms in total. The van der Waals surface area contributed by atoms with Crippen molar-refractivity contribution in [1.82, 2.24) is 10.6 Å². The van der Waals surface area contributed by atoms with Crippen molar-refractivity contribution in [3.05, 3.63) is 0 Å². The maximum atomic E-state index is 11.7. The van der Waals surface area contributed by atoms with Gasteiger partial charge in [-0.05, 0) is 31.1 Å². The number of carbonyl (C=O) groups excluding carboxylic acids is 1. The first kappa shape index (κ1) is 14.8. The molecule has 0 aromatic heterocycles. The van der Waals surface area contributed by atoms with Gasteiger partial charge in [0.2, 0.25) is 0 Å². The summed E-state index contributed by atoms with van der Waals surface area (Å²) in [5.74, 6) is -0.973. The zero-order valence-electron chi connectivity index (χ0n) is 11.5. The summed E-state index contributed by atoms with van der Waals surface area (Å²) < 4.78 is 0. The number of carboxylic acids is 1. The van der Waals surface area contributed by atoms with E-state index in [1.54, 1.807) is 0 Å². The summed E-state index contributed by atoms with van der Waals surface area (Å²) in [6.07, 6.45) is 4.19. The Morgan fingerprint density at radius 2 is 2.11 bits per heavy atom. The number of aliphatic carboxylic acids is 1. The summed E-state index contributed by atoms with van der Waals surface area (Å²) in [5.41, 5.74) is 0.271. The van der Waals surface area contributed by atoms with Crippen molar-refractivity contribution in [3.63, 3.8) is 0 Å². The molecule has 3 N–H and O–H groups in total. The molecule has 18 heavy (non-hydrogen) atoms. The van der Waals surface area contributed by atoms with Gasteiger partial charge in [-0.2, -0.15) is 0 Å². The molecular weight excluding hydrogens is 232 g/mol. The van der Waals surface area contributed by atoms with Gasteiger partial charge in [0.05, 0.1) is 0 Å². The molecule has 1 saturated carbocycles. The maximum absolute atomic E-state index is 11.7. The van der Waals surface area contributed by atoms with Gasteiger partial charge in [-0.1, -0.05) is 27.2 Å². The topological polar surface area (TPSA) is 78.4 Å². The normalized spacial score (nSPS) is 23.4. The molecule has 0 saturated heterocycles. The van der Waals surface area contributed by atoms with Gasteiger partial charge in [-0.15, -0.1) is 0 Å². The van der Waals surface area contributed by atoms with E-state index in [-0.39, 0.29) is 17.5 Å². The summed E-state index contributed by atoms with van der Waals surface area (Å²) in [4.78, 5) is 22.6. The van der Waals surface area contributed by atoms with Crippen LogP contribution in [-0.2, 0) is 4.79 Å². The minimum absolute atomic E-state index is 0.163. The number of carboxylic acid groups (broad SMARTS) is 1. The van der Waals surface area contributed by atoms with Crippen molar-refractivity contribution in [2.75, 3.05) is 0 Å². The molecule has 2 atom stereocenters. The second-order valence-corrected chi connectivity index (χ2v) is 5.90. The molecule has 0 bridgehead atoms. The number of carbonyl (C=O) groups is 2. The molecule has 1 aliphatic carbocycles. The van der Waals surface area contributed by atoms with Gasteiger partial charge < -0.3 is 15.7 Å². The SMILES string of the molecule is CCC[C@@H](NC(=O)NC1CCC(C)(C)C1)C(=O)O. The second kappa shape index (κ2) is 6.07. The summed E-state index contributed by atoms with van der Waals surface area (Å²) in [5, 5.41) is 14.3. The largest absolute Gasteiger partial charge is 0.480 e. The van der Waals surface area contributed by atoms with Gasteiger partial charge in [-0.3, -0.25) is 0 Å². The zero-order chi connectivity index (χ0) is 13.8. The highest BCUT2D eigenvalue weighted by atomic mass is 16.4. The van der Waals surface area contributed by atoms with Crippen LogP contribution in [0.25, 0.3) is 0 Å². The van der Waals surface area contributed by atoms with Crippen LogP contribution in [0.1, 0.15) is 52.9 Å². The molecule has 1 rings (SSSR count). The number of urea groups is 1. The third-order valence-electron chi connectivity index (χ3n) is 3.48. The van der Waals surface area contributed by atoms with E-state index in [0.717, 1.165) is 25.7 Å². The quantitative estimate of drug-likeness (QED) is 0.705. The average Bonchev–Trinajstić information content (AvgIpc) is 2.57. The van der Waals surface area contributed by atoms with E-state index >= 15 is 0 Å². The van der Waals surface area contributed by atoms with E-state index in [0.29, 0.717) is 6.42 Å². The first-order valence-corrected chi connectivity index (χ1v) is 6.64. The number of nitrogens with one attached hydrogen (secondary N) is 2. The van der Waals surface area contributed by atoms with Crippen molar-refractivity contribution in [1.29, 1.82) is 0 Å². The second-order valence-electron chi connectivity index (χ2n) is 5.90. The lowest BCUT2D eigenvalue weighted by atomic mass is 9.92. The summed E-state index contributed by atoms with van der Waals surface area (Å²) >= 11 is 0. The molecule has 104 valence electrons. The van der Waals surface area contributed by atoms with Gasteiger partial charge in [-0.25, -0.2) is 9.59 Å². The van der Waals surface area contributed by atoms with Gasteiger partial charge in [0.1, 0.15) is 6.04 Å². The standard InChI is InChI=1S/C13H24N2O3/c1-4-5-10(11(16)17)15-12(18)14-9-6-7-13(2,3)8-9/h9-10H,4-8H2,1-3H3,(H,16,17)(H2,14,15,18)/t9?,10-/m1/s1. The van der Waals surface area contributed by atoms with Crippen LogP contribution in [0.3, 0.4) is 0 Å². The van der Waals surface area contributed by atoms with E-state index in [9.17, 15) is 9.59 Å². The molecule has 0 aliphatic heterocycles. The highest BCUT2D eigenvalue weighted by Crippen LogP contribution is 2.36. The van der Waals surface area contributed by atoms with Gasteiger partial charge >= 0.3 is 12.0 Å². The minimum Gasteiger partial charge on any atom is -0.480 e. The molecule has 1 unspecified atom stereocenters.